The third-order valence-corrected chi connectivity index (χ3v) is 5.24. The molecular weight excluding hydrogens is 352 g/mol. The summed E-state index contributed by atoms with van der Waals surface area (Å²) in [6.07, 6.45) is 4.27. The van der Waals surface area contributed by atoms with Crippen molar-refractivity contribution in [1.82, 2.24) is 4.90 Å². The van der Waals surface area contributed by atoms with Crippen LogP contribution in [0.5, 0.6) is 5.75 Å². The number of likely N-dealkylation sites (tertiary alicyclic amines) is 1. The molecule has 0 aliphatic carbocycles. The Hall–Kier alpha value is -2.99. The molecule has 0 amide bonds. The van der Waals surface area contributed by atoms with Crippen LogP contribution in [0, 0.1) is 0 Å². The number of anilines is 2. The summed E-state index contributed by atoms with van der Waals surface area (Å²) in [5.41, 5.74) is 8.35. The third kappa shape index (κ3) is 3.43. The van der Waals surface area contributed by atoms with Gasteiger partial charge in [-0.3, -0.25) is 9.89 Å². The number of methoxy groups -OCH3 is 1. The number of aliphatic imine (C=N–C) groups is 1. The fraction of sp³-hybridized carbons (Fsp3) is 0.318. The Balaban J connectivity index is 1.81. The molecule has 0 saturated carbocycles. The van der Waals surface area contributed by atoms with E-state index in [-0.39, 0.29) is 0 Å². The van der Waals surface area contributed by atoms with Gasteiger partial charge in [-0.25, -0.2) is 4.90 Å². The summed E-state index contributed by atoms with van der Waals surface area (Å²) in [7, 11) is 3.34. The largest absolute Gasteiger partial charge is 0.495 e. The molecule has 2 heterocycles. The molecular formula is C22H26N4O2. The molecule has 28 heavy (non-hydrogen) atoms. The lowest BCUT2D eigenvalue weighted by atomic mass is 10.1. The number of guanidine groups is 1. The first-order chi connectivity index (χ1) is 13.7. The van der Waals surface area contributed by atoms with Gasteiger partial charge in [-0.15, -0.1) is 0 Å². The van der Waals surface area contributed by atoms with Crippen LogP contribution in [0.25, 0.3) is 10.8 Å². The van der Waals surface area contributed by atoms with Gasteiger partial charge in [-0.1, -0.05) is 24.3 Å². The number of nitrogens with zero attached hydrogens (tertiary/aromatic N) is 3. The zero-order chi connectivity index (χ0) is 19.5. The van der Waals surface area contributed by atoms with E-state index in [2.05, 4.69) is 22.0 Å². The molecule has 3 aromatic rings. The van der Waals surface area contributed by atoms with Crippen LogP contribution in [-0.4, -0.2) is 38.1 Å². The molecule has 0 unspecified atom stereocenters. The van der Waals surface area contributed by atoms with E-state index in [1.54, 1.807) is 20.4 Å². The minimum Gasteiger partial charge on any atom is -0.495 e. The van der Waals surface area contributed by atoms with E-state index >= 15 is 0 Å². The SMILES string of the molecule is CN=C(N)N(c1cc(CN2CCCC2)ccc1OC)c1occ2ccccc12. The van der Waals surface area contributed by atoms with Gasteiger partial charge in [0.25, 0.3) is 0 Å². The van der Waals surface area contributed by atoms with Crippen molar-refractivity contribution in [2.24, 2.45) is 10.7 Å². The predicted octanol–water partition coefficient (Wildman–Crippen LogP) is 4.12. The summed E-state index contributed by atoms with van der Waals surface area (Å²) in [6.45, 7) is 3.20. The number of benzene rings is 2. The summed E-state index contributed by atoms with van der Waals surface area (Å²) in [4.78, 5) is 8.53. The van der Waals surface area contributed by atoms with E-state index in [0.29, 0.717) is 11.8 Å². The molecule has 0 atom stereocenters. The second-order valence-corrected chi connectivity index (χ2v) is 7.03. The standard InChI is InChI=1S/C22H26N4O2/c1-24-22(23)26(21-18-8-4-3-7-17(18)15-28-21)19-13-16(9-10-20(19)27-2)14-25-11-5-6-12-25/h3-4,7-10,13,15H,5-6,11-12,14H2,1-2H3,(H2,23,24). The second-order valence-electron chi connectivity index (χ2n) is 7.03. The van der Waals surface area contributed by atoms with E-state index in [1.807, 2.05) is 35.2 Å². The Bertz CT molecular complexity index is 989. The van der Waals surface area contributed by atoms with Gasteiger partial charge in [0.15, 0.2) is 0 Å². The molecule has 146 valence electrons. The van der Waals surface area contributed by atoms with Gasteiger partial charge in [0.2, 0.25) is 11.8 Å². The molecule has 1 saturated heterocycles. The summed E-state index contributed by atoms with van der Waals surface area (Å²) in [5, 5.41) is 1.99. The third-order valence-electron chi connectivity index (χ3n) is 5.24. The van der Waals surface area contributed by atoms with Crippen molar-refractivity contribution in [2.45, 2.75) is 19.4 Å². The van der Waals surface area contributed by atoms with Gasteiger partial charge in [-0.05, 0) is 49.7 Å². The summed E-state index contributed by atoms with van der Waals surface area (Å²) >= 11 is 0. The van der Waals surface area contributed by atoms with Crippen molar-refractivity contribution in [3.05, 3.63) is 54.3 Å². The highest BCUT2D eigenvalue weighted by atomic mass is 16.5. The molecule has 6 nitrogen and oxygen atoms in total. The van der Waals surface area contributed by atoms with Crippen molar-refractivity contribution in [2.75, 3.05) is 32.1 Å². The van der Waals surface area contributed by atoms with E-state index < -0.39 is 0 Å². The van der Waals surface area contributed by atoms with Crippen LogP contribution >= 0.6 is 0 Å². The number of nitrogens with two attached hydrogens (primary N) is 1. The number of hydrogen-bond donors (Lipinski definition) is 1. The van der Waals surface area contributed by atoms with Crippen LogP contribution in [-0.2, 0) is 6.54 Å². The highest BCUT2D eigenvalue weighted by Gasteiger charge is 2.24. The first kappa shape index (κ1) is 18.4. The van der Waals surface area contributed by atoms with Gasteiger partial charge in [0.1, 0.15) is 12.0 Å². The van der Waals surface area contributed by atoms with Gasteiger partial charge < -0.3 is 14.9 Å². The Morgan fingerprint density at radius 1 is 1.21 bits per heavy atom. The topological polar surface area (TPSA) is 67.2 Å². The average Bonchev–Trinajstić information content (AvgIpc) is 3.39. The van der Waals surface area contributed by atoms with Crippen LogP contribution in [0.1, 0.15) is 18.4 Å². The molecule has 0 radical (unpaired) electrons. The zero-order valence-corrected chi connectivity index (χ0v) is 16.4. The fourth-order valence-electron chi connectivity index (χ4n) is 3.79. The van der Waals surface area contributed by atoms with Crippen molar-refractivity contribution >= 4 is 28.3 Å². The minimum atomic E-state index is 0.344. The Morgan fingerprint density at radius 2 is 2.00 bits per heavy atom. The van der Waals surface area contributed by atoms with Crippen LogP contribution in [0.4, 0.5) is 11.6 Å². The van der Waals surface area contributed by atoms with Gasteiger partial charge in [0, 0.05) is 24.4 Å². The molecule has 6 heteroatoms. The highest BCUT2D eigenvalue weighted by molar-refractivity contribution is 6.08. The summed E-state index contributed by atoms with van der Waals surface area (Å²) in [5.74, 6) is 1.70. The van der Waals surface area contributed by atoms with E-state index in [4.69, 9.17) is 14.9 Å². The Kier molecular flexibility index (Phi) is 5.21. The van der Waals surface area contributed by atoms with Crippen LogP contribution in [0.15, 0.2) is 58.1 Å². The van der Waals surface area contributed by atoms with Crippen molar-refractivity contribution < 1.29 is 9.15 Å². The number of fused-ring (bicyclic) bond motifs is 1. The van der Waals surface area contributed by atoms with Crippen LogP contribution in [0.2, 0.25) is 0 Å². The van der Waals surface area contributed by atoms with E-state index in [0.717, 1.165) is 41.8 Å². The predicted molar refractivity (Wildman–Crippen MR) is 113 cm³/mol. The monoisotopic (exact) mass is 378 g/mol. The molecule has 1 aliphatic rings. The fourth-order valence-corrected chi connectivity index (χ4v) is 3.79. The lowest BCUT2D eigenvalue weighted by Crippen LogP contribution is -2.33. The number of hydrogen-bond acceptors (Lipinski definition) is 4. The zero-order valence-electron chi connectivity index (χ0n) is 16.4. The van der Waals surface area contributed by atoms with E-state index in [9.17, 15) is 0 Å². The normalized spacial score (nSPS) is 15.3. The number of ether oxygens (including phenoxy) is 1. The van der Waals surface area contributed by atoms with Crippen LogP contribution in [0.3, 0.4) is 0 Å². The smallest absolute Gasteiger partial charge is 0.214 e. The van der Waals surface area contributed by atoms with Crippen molar-refractivity contribution in [1.29, 1.82) is 0 Å². The molecule has 0 spiro atoms. The first-order valence-electron chi connectivity index (χ1n) is 9.59. The summed E-state index contributed by atoms with van der Waals surface area (Å²) < 4.78 is 11.6. The lowest BCUT2D eigenvalue weighted by Gasteiger charge is -2.24. The first-order valence-corrected chi connectivity index (χ1v) is 9.59. The van der Waals surface area contributed by atoms with Gasteiger partial charge >= 0.3 is 0 Å². The quantitative estimate of drug-likeness (QED) is 0.534. The molecule has 1 fully saturated rings. The second kappa shape index (κ2) is 7.94. The molecule has 1 aliphatic heterocycles. The van der Waals surface area contributed by atoms with Gasteiger partial charge in [0.05, 0.1) is 12.8 Å². The van der Waals surface area contributed by atoms with Crippen molar-refractivity contribution in [3.63, 3.8) is 0 Å². The molecule has 4 rings (SSSR count). The Labute approximate surface area is 165 Å². The maximum absolute atomic E-state index is 6.32. The maximum Gasteiger partial charge on any atom is 0.214 e. The number of rotatable bonds is 5. The highest BCUT2D eigenvalue weighted by Crippen LogP contribution is 2.39. The van der Waals surface area contributed by atoms with E-state index in [1.165, 1.54) is 18.4 Å². The summed E-state index contributed by atoms with van der Waals surface area (Å²) in [6, 6.07) is 14.2. The molecule has 2 N–H and O–H groups in total. The molecule has 1 aromatic heterocycles. The minimum absolute atomic E-state index is 0.344. The average molecular weight is 378 g/mol. The van der Waals surface area contributed by atoms with Gasteiger partial charge in [-0.2, -0.15) is 0 Å². The molecule has 0 bridgehead atoms. The van der Waals surface area contributed by atoms with Crippen molar-refractivity contribution in [3.8, 4) is 5.75 Å². The maximum atomic E-state index is 6.32. The van der Waals surface area contributed by atoms with Crippen LogP contribution < -0.4 is 15.4 Å². The number of furan rings is 1. The lowest BCUT2D eigenvalue weighted by molar-refractivity contribution is 0.331. The Morgan fingerprint density at radius 3 is 2.75 bits per heavy atom. The molecule has 2 aromatic carbocycles.